The molecule has 2 aromatic rings. The van der Waals surface area contributed by atoms with E-state index < -0.39 is 5.97 Å². The Labute approximate surface area is 179 Å². The zero-order valence-corrected chi connectivity index (χ0v) is 17.6. The number of ether oxygens (including phenoxy) is 2. The van der Waals surface area contributed by atoms with Crippen molar-refractivity contribution in [2.45, 2.75) is 50.7 Å². The summed E-state index contributed by atoms with van der Waals surface area (Å²) < 4.78 is 11.2. The summed E-state index contributed by atoms with van der Waals surface area (Å²) in [5.74, 6) is 2.53. The van der Waals surface area contributed by atoms with Gasteiger partial charge in [-0.15, -0.1) is 11.3 Å². The van der Waals surface area contributed by atoms with E-state index in [1.54, 1.807) is 0 Å². The van der Waals surface area contributed by atoms with Crippen LogP contribution in [0, 0.1) is 17.8 Å². The van der Waals surface area contributed by atoms with E-state index in [-0.39, 0.29) is 18.1 Å². The first-order chi connectivity index (χ1) is 14.6. The van der Waals surface area contributed by atoms with E-state index >= 15 is 0 Å². The van der Waals surface area contributed by atoms with Crippen LogP contribution in [-0.2, 0) is 16.1 Å². The molecular weight excluding hydrogens is 398 g/mol. The second kappa shape index (κ2) is 6.84. The predicted octanol–water partition coefficient (Wildman–Crippen LogP) is 4.55. The number of fused-ring (bicyclic) bond motifs is 3. The highest BCUT2D eigenvalue weighted by Crippen LogP contribution is 2.55. The molecule has 2 heterocycles. The normalized spacial score (nSPS) is 30.2. The van der Waals surface area contributed by atoms with Gasteiger partial charge in [-0.25, -0.2) is 4.79 Å². The highest BCUT2D eigenvalue weighted by atomic mass is 32.1. The highest BCUT2D eigenvalue weighted by molar-refractivity contribution is 7.17. The quantitative estimate of drug-likeness (QED) is 0.733. The van der Waals surface area contributed by atoms with Gasteiger partial charge in [-0.2, -0.15) is 0 Å². The van der Waals surface area contributed by atoms with E-state index in [4.69, 9.17) is 9.47 Å². The van der Waals surface area contributed by atoms with E-state index in [9.17, 15) is 9.59 Å². The lowest BCUT2D eigenvalue weighted by Crippen LogP contribution is -2.60. The van der Waals surface area contributed by atoms with Crippen LogP contribution in [0.15, 0.2) is 30.3 Å². The van der Waals surface area contributed by atoms with Crippen molar-refractivity contribution in [2.75, 3.05) is 6.61 Å². The molecule has 7 rings (SSSR count). The molecule has 4 bridgehead atoms. The summed E-state index contributed by atoms with van der Waals surface area (Å²) in [5.41, 5.74) is 1.94. The Kier molecular flexibility index (Phi) is 4.20. The summed E-state index contributed by atoms with van der Waals surface area (Å²) in [6.45, 7) is 0.235. The molecule has 0 unspecified atom stereocenters. The molecule has 5 aliphatic rings. The van der Waals surface area contributed by atoms with Crippen molar-refractivity contribution >= 4 is 23.2 Å². The van der Waals surface area contributed by atoms with Gasteiger partial charge in [-0.3, -0.25) is 4.79 Å². The maximum absolute atomic E-state index is 12.6. The number of thiophene rings is 1. The zero-order chi connectivity index (χ0) is 20.3. The van der Waals surface area contributed by atoms with E-state index in [1.165, 1.54) is 30.6 Å². The molecule has 1 aromatic carbocycles. The SMILES string of the molecule is O=C(COC(=O)c1cc2c(s1)-c1ccccc1OC2)NC12CC3CC(CC(C3)C1)C2. The molecule has 4 fully saturated rings. The Bertz CT molecular complexity index is 991. The highest BCUT2D eigenvalue weighted by Gasteiger charge is 2.51. The molecule has 4 aliphatic carbocycles. The topological polar surface area (TPSA) is 64.6 Å². The number of hydrogen-bond donors (Lipinski definition) is 1. The number of carbonyl (C=O) groups excluding carboxylic acids is 2. The van der Waals surface area contributed by atoms with E-state index in [0.717, 1.165) is 58.8 Å². The minimum atomic E-state index is -0.437. The van der Waals surface area contributed by atoms with Gasteiger partial charge in [0.25, 0.3) is 5.91 Å². The number of carbonyl (C=O) groups is 2. The van der Waals surface area contributed by atoms with Crippen molar-refractivity contribution in [3.63, 3.8) is 0 Å². The Morgan fingerprint density at radius 2 is 1.80 bits per heavy atom. The fraction of sp³-hybridized carbons (Fsp3) is 0.500. The number of rotatable bonds is 4. The lowest BCUT2D eigenvalue weighted by molar-refractivity contribution is -0.130. The van der Waals surface area contributed by atoms with E-state index in [0.29, 0.717) is 11.5 Å². The summed E-state index contributed by atoms with van der Waals surface area (Å²) in [6, 6.07) is 9.66. The van der Waals surface area contributed by atoms with Crippen LogP contribution in [-0.4, -0.2) is 24.0 Å². The molecule has 1 N–H and O–H groups in total. The molecule has 0 spiro atoms. The first-order valence-corrected chi connectivity index (χ1v) is 11.7. The van der Waals surface area contributed by atoms with Crippen LogP contribution in [0.4, 0.5) is 0 Å². The van der Waals surface area contributed by atoms with Crippen LogP contribution < -0.4 is 10.1 Å². The second-order valence-electron chi connectivity index (χ2n) is 9.57. The van der Waals surface area contributed by atoms with Crippen LogP contribution in [0.1, 0.15) is 53.8 Å². The van der Waals surface area contributed by atoms with Crippen LogP contribution in [0.5, 0.6) is 5.75 Å². The van der Waals surface area contributed by atoms with Crippen molar-refractivity contribution < 1.29 is 19.1 Å². The van der Waals surface area contributed by atoms with Gasteiger partial charge in [0.1, 0.15) is 17.2 Å². The van der Waals surface area contributed by atoms with Crippen LogP contribution >= 0.6 is 11.3 Å². The van der Waals surface area contributed by atoms with Crippen molar-refractivity contribution in [1.29, 1.82) is 0 Å². The molecule has 0 radical (unpaired) electrons. The maximum atomic E-state index is 12.6. The number of esters is 1. The molecule has 156 valence electrons. The Morgan fingerprint density at radius 1 is 1.10 bits per heavy atom. The standard InChI is InChI=1S/C24H25NO4S/c26-21(25-24-9-14-5-15(10-24)7-16(6-14)11-24)13-29-23(27)20-8-17-12-28-19-4-2-1-3-18(19)22(17)30-20/h1-4,8,14-16H,5-7,9-13H2,(H,25,26). The minimum absolute atomic E-state index is 0.0543. The largest absolute Gasteiger partial charge is 0.488 e. The molecule has 30 heavy (non-hydrogen) atoms. The molecule has 0 atom stereocenters. The van der Waals surface area contributed by atoms with E-state index in [2.05, 4.69) is 5.32 Å². The number of benzene rings is 1. The van der Waals surface area contributed by atoms with E-state index in [1.807, 2.05) is 30.3 Å². The average Bonchev–Trinajstić information content (AvgIpc) is 3.16. The maximum Gasteiger partial charge on any atom is 0.348 e. The lowest BCUT2D eigenvalue weighted by atomic mass is 9.53. The van der Waals surface area contributed by atoms with Gasteiger partial charge in [0.2, 0.25) is 0 Å². The van der Waals surface area contributed by atoms with Gasteiger partial charge in [0.05, 0.1) is 0 Å². The number of hydrogen-bond acceptors (Lipinski definition) is 5. The smallest absolute Gasteiger partial charge is 0.348 e. The summed E-state index contributed by atoms with van der Waals surface area (Å²) in [7, 11) is 0. The lowest BCUT2D eigenvalue weighted by Gasteiger charge is -2.56. The van der Waals surface area contributed by atoms with Crippen molar-refractivity contribution in [2.24, 2.45) is 17.8 Å². The van der Waals surface area contributed by atoms with Gasteiger partial charge in [-0.1, -0.05) is 12.1 Å². The molecule has 5 nitrogen and oxygen atoms in total. The van der Waals surface area contributed by atoms with Crippen molar-refractivity contribution in [3.8, 4) is 16.2 Å². The minimum Gasteiger partial charge on any atom is -0.488 e. The Balaban J connectivity index is 1.10. The fourth-order valence-electron chi connectivity index (χ4n) is 6.60. The summed E-state index contributed by atoms with van der Waals surface area (Å²) in [4.78, 5) is 26.8. The van der Waals surface area contributed by atoms with Crippen LogP contribution in [0.3, 0.4) is 0 Å². The summed E-state index contributed by atoms with van der Waals surface area (Å²) in [6.07, 6.45) is 7.28. The van der Waals surface area contributed by atoms with Gasteiger partial charge in [-0.05, 0) is 74.5 Å². The molecule has 1 aliphatic heterocycles. The summed E-state index contributed by atoms with van der Waals surface area (Å²) >= 11 is 1.41. The molecule has 1 amide bonds. The Morgan fingerprint density at radius 3 is 2.53 bits per heavy atom. The third-order valence-electron chi connectivity index (χ3n) is 7.30. The first-order valence-electron chi connectivity index (χ1n) is 10.9. The third-order valence-corrected chi connectivity index (χ3v) is 8.49. The van der Waals surface area contributed by atoms with Crippen molar-refractivity contribution in [3.05, 3.63) is 40.8 Å². The van der Waals surface area contributed by atoms with Gasteiger partial charge < -0.3 is 14.8 Å². The first kappa shape index (κ1) is 18.4. The second-order valence-corrected chi connectivity index (χ2v) is 10.6. The van der Waals surface area contributed by atoms with Gasteiger partial charge in [0, 0.05) is 21.5 Å². The molecule has 1 aromatic heterocycles. The molecular formula is C24H25NO4S. The number of nitrogens with one attached hydrogen (secondary N) is 1. The molecule has 6 heteroatoms. The average molecular weight is 424 g/mol. The fourth-order valence-corrected chi connectivity index (χ4v) is 7.69. The monoisotopic (exact) mass is 423 g/mol. The Hall–Kier alpha value is -2.34. The van der Waals surface area contributed by atoms with Gasteiger partial charge in [0.15, 0.2) is 6.61 Å². The van der Waals surface area contributed by atoms with Gasteiger partial charge >= 0.3 is 5.97 Å². The molecule has 0 saturated heterocycles. The zero-order valence-electron chi connectivity index (χ0n) is 16.8. The number of para-hydroxylation sites is 1. The number of amides is 1. The third kappa shape index (κ3) is 3.13. The summed E-state index contributed by atoms with van der Waals surface area (Å²) in [5, 5.41) is 3.26. The van der Waals surface area contributed by atoms with Crippen molar-refractivity contribution in [1.82, 2.24) is 5.32 Å². The molecule has 4 saturated carbocycles. The van der Waals surface area contributed by atoms with Crippen LogP contribution in [0.2, 0.25) is 0 Å². The van der Waals surface area contributed by atoms with Crippen LogP contribution in [0.25, 0.3) is 10.4 Å². The predicted molar refractivity (Wildman–Crippen MR) is 113 cm³/mol.